The number of piperazine rings is 1. The van der Waals surface area contributed by atoms with Gasteiger partial charge in [-0.05, 0) is 23.3 Å². The van der Waals surface area contributed by atoms with Crippen LogP contribution < -0.4 is 4.90 Å². The van der Waals surface area contributed by atoms with Gasteiger partial charge in [-0.25, -0.2) is 0 Å². The van der Waals surface area contributed by atoms with E-state index in [-0.39, 0.29) is 17.9 Å². The molecule has 5 rings (SSSR count). The summed E-state index contributed by atoms with van der Waals surface area (Å²) in [6.45, 7) is 3.49. The number of benzene rings is 3. The first-order chi connectivity index (χ1) is 16.7. The number of hydrogen-bond acceptors (Lipinski definition) is 4. The van der Waals surface area contributed by atoms with Crippen molar-refractivity contribution < 1.29 is 9.59 Å². The summed E-state index contributed by atoms with van der Waals surface area (Å²) < 4.78 is 0. The minimum atomic E-state index is 0.0786. The largest absolute Gasteiger partial charge is 0.340 e. The van der Waals surface area contributed by atoms with Crippen LogP contribution >= 0.6 is 11.8 Å². The van der Waals surface area contributed by atoms with Gasteiger partial charge in [0.25, 0.3) is 0 Å². The van der Waals surface area contributed by atoms with Crippen LogP contribution in [0.3, 0.4) is 0 Å². The van der Waals surface area contributed by atoms with Crippen LogP contribution in [0.4, 0.5) is 5.69 Å². The standard InChI is InChI=1S/C28H29N3O2S/c32-26(15-16-31-24-13-7-8-14-25(24)34-21-27(31)33)29-17-19-30(20-18-29)28(22-9-3-1-4-10-22)23-11-5-2-6-12-23/h1-14,28H,15-21H2. The van der Waals surface area contributed by atoms with Crippen LogP contribution in [0.2, 0.25) is 0 Å². The van der Waals surface area contributed by atoms with Crippen molar-refractivity contribution in [3.8, 4) is 0 Å². The van der Waals surface area contributed by atoms with Gasteiger partial charge in [-0.2, -0.15) is 0 Å². The molecule has 1 saturated heterocycles. The SMILES string of the molecule is O=C(CCN1C(=O)CSc2ccccc21)N1CCN(C(c2ccccc2)c2ccccc2)CC1. The Morgan fingerprint density at radius 1 is 0.794 bits per heavy atom. The molecule has 0 unspecified atom stereocenters. The molecule has 0 bridgehead atoms. The van der Waals surface area contributed by atoms with E-state index in [1.54, 1.807) is 16.7 Å². The quantitative estimate of drug-likeness (QED) is 0.533. The fourth-order valence-corrected chi connectivity index (χ4v) is 5.81. The van der Waals surface area contributed by atoms with E-state index in [4.69, 9.17) is 0 Å². The Morgan fingerprint density at radius 3 is 2.03 bits per heavy atom. The monoisotopic (exact) mass is 471 g/mol. The number of thioether (sulfide) groups is 1. The molecule has 174 valence electrons. The van der Waals surface area contributed by atoms with Crippen LogP contribution in [0.15, 0.2) is 89.8 Å². The zero-order chi connectivity index (χ0) is 23.3. The van der Waals surface area contributed by atoms with Gasteiger partial charge in [-0.15, -0.1) is 11.8 Å². The van der Waals surface area contributed by atoms with E-state index in [1.165, 1.54) is 11.1 Å². The Balaban J connectivity index is 1.22. The summed E-state index contributed by atoms with van der Waals surface area (Å²) in [5.41, 5.74) is 3.47. The number of carbonyl (C=O) groups is 2. The van der Waals surface area contributed by atoms with Crippen molar-refractivity contribution >= 4 is 29.3 Å². The van der Waals surface area contributed by atoms with Gasteiger partial charge in [0.05, 0.1) is 17.5 Å². The zero-order valence-corrected chi connectivity index (χ0v) is 20.0. The molecule has 2 aliphatic rings. The minimum Gasteiger partial charge on any atom is -0.340 e. The van der Waals surface area contributed by atoms with E-state index in [0.29, 0.717) is 31.8 Å². The van der Waals surface area contributed by atoms with Crippen LogP contribution in [0, 0.1) is 0 Å². The number of carbonyl (C=O) groups excluding carboxylic acids is 2. The number of para-hydroxylation sites is 1. The lowest BCUT2D eigenvalue weighted by Crippen LogP contribution is -2.50. The zero-order valence-electron chi connectivity index (χ0n) is 19.2. The minimum absolute atomic E-state index is 0.0786. The lowest BCUT2D eigenvalue weighted by Gasteiger charge is -2.40. The van der Waals surface area contributed by atoms with Gasteiger partial charge in [0.15, 0.2) is 0 Å². The van der Waals surface area contributed by atoms with Crippen LogP contribution in [0.1, 0.15) is 23.6 Å². The highest BCUT2D eigenvalue weighted by molar-refractivity contribution is 8.00. The highest BCUT2D eigenvalue weighted by Gasteiger charge is 2.29. The fourth-order valence-electron chi connectivity index (χ4n) is 4.88. The average Bonchev–Trinajstić information content (AvgIpc) is 2.90. The first kappa shape index (κ1) is 22.7. The van der Waals surface area contributed by atoms with Gasteiger partial charge in [0.2, 0.25) is 11.8 Å². The van der Waals surface area contributed by atoms with Crippen LogP contribution in [0.25, 0.3) is 0 Å². The van der Waals surface area contributed by atoms with E-state index in [0.717, 1.165) is 23.7 Å². The molecule has 1 fully saturated rings. The van der Waals surface area contributed by atoms with Crippen molar-refractivity contribution in [3.63, 3.8) is 0 Å². The first-order valence-electron chi connectivity index (χ1n) is 11.8. The van der Waals surface area contributed by atoms with Gasteiger partial charge in [0, 0.05) is 44.0 Å². The van der Waals surface area contributed by atoms with Gasteiger partial charge >= 0.3 is 0 Å². The van der Waals surface area contributed by atoms with Crippen molar-refractivity contribution in [3.05, 3.63) is 96.1 Å². The molecule has 0 radical (unpaired) electrons. The number of hydrogen-bond donors (Lipinski definition) is 0. The predicted octanol–water partition coefficient (Wildman–Crippen LogP) is 4.45. The van der Waals surface area contributed by atoms with Crippen molar-refractivity contribution in [2.24, 2.45) is 0 Å². The number of fused-ring (bicyclic) bond motifs is 1. The van der Waals surface area contributed by atoms with E-state index >= 15 is 0 Å². The van der Waals surface area contributed by atoms with Gasteiger partial charge < -0.3 is 9.80 Å². The maximum absolute atomic E-state index is 13.0. The Bertz CT molecular complexity index is 1090. The van der Waals surface area contributed by atoms with Gasteiger partial charge in [0.1, 0.15) is 0 Å². The Morgan fingerprint density at radius 2 is 1.38 bits per heavy atom. The molecule has 34 heavy (non-hydrogen) atoms. The average molecular weight is 472 g/mol. The Labute approximate surface area is 205 Å². The number of amides is 2. The molecule has 0 spiro atoms. The summed E-state index contributed by atoms with van der Waals surface area (Å²) in [5, 5.41) is 0. The van der Waals surface area contributed by atoms with Crippen molar-refractivity contribution in [2.75, 3.05) is 43.4 Å². The van der Waals surface area contributed by atoms with Crippen LogP contribution in [-0.4, -0.2) is 60.1 Å². The third kappa shape index (κ3) is 4.88. The first-order valence-corrected chi connectivity index (χ1v) is 12.8. The van der Waals surface area contributed by atoms with Crippen molar-refractivity contribution in [1.29, 1.82) is 0 Å². The summed E-state index contributed by atoms with van der Waals surface area (Å²) in [6, 6.07) is 29.3. The number of nitrogens with zero attached hydrogens (tertiary/aromatic N) is 3. The summed E-state index contributed by atoms with van der Waals surface area (Å²) in [7, 11) is 0. The number of anilines is 1. The summed E-state index contributed by atoms with van der Waals surface area (Å²) in [4.78, 5) is 32.9. The third-order valence-electron chi connectivity index (χ3n) is 6.62. The van der Waals surface area contributed by atoms with Crippen LogP contribution in [-0.2, 0) is 9.59 Å². The van der Waals surface area contributed by atoms with E-state index < -0.39 is 0 Å². The van der Waals surface area contributed by atoms with Gasteiger partial charge in [-0.3, -0.25) is 14.5 Å². The maximum Gasteiger partial charge on any atom is 0.237 e. The molecule has 0 saturated carbocycles. The molecular formula is C28H29N3O2S. The Hall–Kier alpha value is -3.09. The molecule has 0 aromatic heterocycles. The van der Waals surface area contributed by atoms with E-state index in [2.05, 4.69) is 53.4 Å². The molecule has 2 amide bonds. The molecule has 2 aliphatic heterocycles. The lowest BCUT2D eigenvalue weighted by molar-refractivity contribution is -0.133. The molecule has 6 heteroatoms. The van der Waals surface area contributed by atoms with Crippen molar-refractivity contribution in [1.82, 2.24) is 9.80 Å². The lowest BCUT2D eigenvalue weighted by atomic mass is 9.96. The second kappa shape index (κ2) is 10.5. The normalized spacial score (nSPS) is 16.6. The topological polar surface area (TPSA) is 43.9 Å². The van der Waals surface area contributed by atoms with Gasteiger partial charge in [-0.1, -0.05) is 72.8 Å². The van der Waals surface area contributed by atoms with E-state index in [9.17, 15) is 9.59 Å². The molecule has 3 aromatic carbocycles. The van der Waals surface area contributed by atoms with E-state index in [1.807, 2.05) is 41.3 Å². The third-order valence-corrected chi connectivity index (χ3v) is 7.67. The summed E-state index contributed by atoms with van der Waals surface area (Å²) >= 11 is 1.57. The molecule has 5 nitrogen and oxygen atoms in total. The maximum atomic E-state index is 13.0. The highest BCUT2D eigenvalue weighted by Crippen LogP contribution is 2.35. The fraction of sp³-hybridized carbons (Fsp3) is 0.286. The Kier molecular flexibility index (Phi) is 6.97. The molecular weight excluding hydrogens is 442 g/mol. The number of rotatable bonds is 6. The second-order valence-corrected chi connectivity index (χ2v) is 9.71. The smallest absolute Gasteiger partial charge is 0.237 e. The van der Waals surface area contributed by atoms with Crippen LogP contribution in [0.5, 0.6) is 0 Å². The molecule has 0 N–H and O–H groups in total. The van der Waals surface area contributed by atoms with Crippen molar-refractivity contribution in [2.45, 2.75) is 17.4 Å². The summed E-state index contributed by atoms with van der Waals surface area (Å²) in [5.74, 6) is 0.638. The molecule has 3 aromatic rings. The molecule has 0 aliphatic carbocycles. The second-order valence-electron chi connectivity index (χ2n) is 8.69. The highest BCUT2D eigenvalue weighted by atomic mass is 32.2. The predicted molar refractivity (Wildman–Crippen MR) is 137 cm³/mol. The summed E-state index contributed by atoms with van der Waals surface area (Å²) in [6.07, 6.45) is 0.353. The molecule has 2 heterocycles. The molecule has 0 atom stereocenters.